The second-order valence-electron chi connectivity index (χ2n) is 5.12. The third kappa shape index (κ3) is 2.05. The average molecular weight is 272 g/mol. The molecule has 0 bridgehead atoms. The highest BCUT2D eigenvalue weighted by Crippen LogP contribution is 2.22. The summed E-state index contributed by atoms with van der Waals surface area (Å²) in [7, 11) is 0. The predicted octanol–water partition coefficient (Wildman–Crippen LogP) is 1.70. The van der Waals surface area contributed by atoms with Crippen molar-refractivity contribution in [3.05, 3.63) is 35.6 Å². The Morgan fingerprint density at radius 2 is 2.20 bits per heavy atom. The fourth-order valence-corrected chi connectivity index (χ4v) is 2.47. The van der Waals surface area contributed by atoms with Gasteiger partial charge in [0.1, 0.15) is 11.6 Å². The van der Waals surface area contributed by atoms with Gasteiger partial charge in [0.2, 0.25) is 5.91 Å². The van der Waals surface area contributed by atoms with Crippen molar-refractivity contribution in [1.29, 1.82) is 0 Å². The summed E-state index contributed by atoms with van der Waals surface area (Å²) in [5.74, 6) is -0.0788. The molecule has 1 aliphatic rings. The van der Waals surface area contributed by atoms with Crippen LogP contribution in [0, 0.1) is 6.92 Å². The molecule has 1 N–H and O–H groups in total. The van der Waals surface area contributed by atoms with Crippen molar-refractivity contribution in [2.45, 2.75) is 19.9 Å². The number of benzene rings is 1. The Morgan fingerprint density at radius 3 is 3.00 bits per heavy atom. The smallest absolute Gasteiger partial charge is 0.290 e. The van der Waals surface area contributed by atoms with Gasteiger partial charge in [-0.2, -0.15) is 0 Å². The molecule has 1 saturated heterocycles. The lowest BCUT2D eigenvalue weighted by atomic mass is 10.1. The average Bonchev–Trinajstić information content (AvgIpc) is 2.84. The van der Waals surface area contributed by atoms with E-state index < -0.39 is 6.04 Å². The van der Waals surface area contributed by atoms with Crippen molar-refractivity contribution in [1.82, 2.24) is 10.2 Å². The van der Waals surface area contributed by atoms with Gasteiger partial charge in [0, 0.05) is 18.5 Å². The number of nitrogens with one attached hydrogen (secondary N) is 1. The number of furan rings is 1. The van der Waals surface area contributed by atoms with Crippen LogP contribution in [0.25, 0.3) is 11.0 Å². The molecule has 1 unspecified atom stereocenters. The molecule has 1 atom stereocenters. The van der Waals surface area contributed by atoms with Gasteiger partial charge in [0.15, 0.2) is 5.76 Å². The Labute approximate surface area is 116 Å². The van der Waals surface area contributed by atoms with Gasteiger partial charge < -0.3 is 14.6 Å². The molecule has 0 spiro atoms. The minimum atomic E-state index is -0.466. The molecule has 1 aromatic carbocycles. The topological polar surface area (TPSA) is 62.6 Å². The first kappa shape index (κ1) is 12.7. The number of amides is 2. The molecule has 2 heterocycles. The number of nitrogens with zero attached hydrogens (tertiary/aromatic N) is 1. The summed E-state index contributed by atoms with van der Waals surface area (Å²) in [5, 5.41) is 3.64. The largest absolute Gasteiger partial charge is 0.451 e. The van der Waals surface area contributed by atoms with E-state index in [4.69, 9.17) is 4.42 Å². The van der Waals surface area contributed by atoms with E-state index in [1.54, 1.807) is 17.9 Å². The highest BCUT2D eigenvalue weighted by atomic mass is 16.3. The minimum Gasteiger partial charge on any atom is -0.451 e. The van der Waals surface area contributed by atoms with E-state index in [-0.39, 0.29) is 17.6 Å². The summed E-state index contributed by atoms with van der Waals surface area (Å²) < 4.78 is 5.60. The van der Waals surface area contributed by atoms with E-state index in [1.807, 2.05) is 25.1 Å². The molecule has 3 rings (SSSR count). The van der Waals surface area contributed by atoms with E-state index in [0.717, 1.165) is 10.9 Å². The van der Waals surface area contributed by atoms with Crippen LogP contribution in [0.4, 0.5) is 0 Å². The zero-order valence-corrected chi connectivity index (χ0v) is 11.5. The van der Waals surface area contributed by atoms with Crippen LogP contribution in [0.1, 0.15) is 23.0 Å². The Hall–Kier alpha value is -2.30. The molecule has 2 aromatic rings. The summed E-state index contributed by atoms with van der Waals surface area (Å²) in [5.41, 5.74) is 1.80. The van der Waals surface area contributed by atoms with Gasteiger partial charge in [-0.05, 0) is 32.0 Å². The SMILES string of the molecule is Cc1ccc2oc(C(=O)N3CCNC(=O)C3C)cc2c1. The van der Waals surface area contributed by atoms with Crippen LogP contribution >= 0.6 is 0 Å². The van der Waals surface area contributed by atoms with Gasteiger partial charge >= 0.3 is 0 Å². The number of aryl methyl sites for hydroxylation is 1. The predicted molar refractivity (Wildman–Crippen MR) is 74.5 cm³/mol. The fourth-order valence-electron chi connectivity index (χ4n) is 2.47. The molecule has 1 aliphatic heterocycles. The summed E-state index contributed by atoms with van der Waals surface area (Å²) in [4.78, 5) is 25.6. The highest BCUT2D eigenvalue weighted by Gasteiger charge is 2.31. The lowest BCUT2D eigenvalue weighted by Gasteiger charge is -2.32. The molecule has 0 aliphatic carbocycles. The van der Waals surface area contributed by atoms with Gasteiger partial charge in [-0.25, -0.2) is 0 Å². The third-order valence-electron chi connectivity index (χ3n) is 3.64. The number of fused-ring (bicyclic) bond motifs is 1. The van der Waals surface area contributed by atoms with Crippen molar-refractivity contribution in [3.8, 4) is 0 Å². The maximum absolute atomic E-state index is 12.5. The van der Waals surface area contributed by atoms with E-state index in [0.29, 0.717) is 18.7 Å². The molecule has 5 nitrogen and oxygen atoms in total. The number of carbonyl (C=O) groups excluding carboxylic acids is 2. The molecule has 0 radical (unpaired) electrons. The normalized spacial score (nSPS) is 19.2. The van der Waals surface area contributed by atoms with Crippen LogP contribution in [-0.4, -0.2) is 35.8 Å². The van der Waals surface area contributed by atoms with Crippen LogP contribution in [0.2, 0.25) is 0 Å². The first-order valence-electron chi connectivity index (χ1n) is 6.65. The third-order valence-corrected chi connectivity index (χ3v) is 3.64. The molecular weight excluding hydrogens is 256 g/mol. The van der Waals surface area contributed by atoms with Crippen LogP contribution in [-0.2, 0) is 4.79 Å². The minimum absolute atomic E-state index is 0.128. The van der Waals surface area contributed by atoms with Gasteiger partial charge in [-0.1, -0.05) is 11.6 Å². The van der Waals surface area contributed by atoms with Crippen molar-refractivity contribution < 1.29 is 14.0 Å². The summed E-state index contributed by atoms with van der Waals surface area (Å²) in [6.07, 6.45) is 0. The first-order valence-corrected chi connectivity index (χ1v) is 6.65. The van der Waals surface area contributed by atoms with Gasteiger partial charge in [0.05, 0.1) is 0 Å². The number of rotatable bonds is 1. The van der Waals surface area contributed by atoms with Gasteiger partial charge in [-0.3, -0.25) is 9.59 Å². The zero-order valence-electron chi connectivity index (χ0n) is 11.5. The Balaban J connectivity index is 1.93. The molecule has 104 valence electrons. The quantitative estimate of drug-likeness (QED) is 0.859. The zero-order chi connectivity index (χ0) is 14.3. The molecular formula is C15H16N2O3. The highest BCUT2D eigenvalue weighted by molar-refractivity contribution is 5.99. The Morgan fingerprint density at radius 1 is 1.40 bits per heavy atom. The van der Waals surface area contributed by atoms with Crippen LogP contribution in [0.5, 0.6) is 0 Å². The van der Waals surface area contributed by atoms with E-state index in [2.05, 4.69) is 5.32 Å². The molecule has 0 saturated carbocycles. The summed E-state index contributed by atoms with van der Waals surface area (Å²) in [6.45, 7) is 4.69. The van der Waals surface area contributed by atoms with Crippen LogP contribution in [0.15, 0.2) is 28.7 Å². The Bertz CT molecular complexity index is 689. The van der Waals surface area contributed by atoms with E-state index >= 15 is 0 Å². The van der Waals surface area contributed by atoms with Crippen molar-refractivity contribution in [2.24, 2.45) is 0 Å². The molecule has 1 aromatic heterocycles. The van der Waals surface area contributed by atoms with Gasteiger partial charge in [-0.15, -0.1) is 0 Å². The number of carbonyl (C=O) groups is 2. The number of piperazine rings is 1. The van der Waals surface area contributed by atoms with Crippen LogP contribution in [0.3, 0.4) is 0 Å². The molecule has 2 amide bonds. The van der Waals surface area contributed by atoms with Crippen molar-refractivity contribution in [2.75, 3.05) is 13.1 Å². The number of hydrogen-bond donors (Lipinski definition) is 1. The monoisotopic (exact) mass is 272 g/mol. The first-order chi connectivity index (χ1) is 9.56. The lowest BCUT2D eigenvalue weighted by Crippen LogP contribution is -2.55. The van der Waals surface area contributed by atoms with Gasteiger partial charge in [0.25, 0.3) is 5.91 Å². The fraction of sp³-hybridized carbons (Fsp3) is 0.333. The second kappa shape index (κ2) is 4.67. The second-order valence-corrected chi connectivity index (χ2v) is 5.12. The lowest BCUT2D eigenvalue weighted by molar-refractivity contribution is -0.127. The Kier molecular flexibility index (Phi) is 2.97. The molecule has 1 fully saturated rings. The number of hydrogen-bond acceptors (Lipinski definition) is 3. The standard InChI is InChI=1S/C15H16N2O3/c1-9-3-4-12-11(7-9)8-13(20-12)15(19)17-6-5-16-14(18)10(17)2/h3-4,7-8,10H,5-6H2,1-2H3,(H,16,18). The summed E-state index contributed by atoms with van der Waals surface area (Å²) in [6, 6.07) is 7.04. The van der Waals surface area contributed by atoms with Crippen molar-refractivity contribution in [3.63, 3.8) is 0 Å². The van der Waals surface area contributed by atoms with Crippen molar-refractivity contribution >= 4 is 22.8 Å². The maximum Gasteiger partial charge on any atom is 0.290 e. The maximum atomic E-state index is 12.5. The summed E-state index contributed by atoms with van der Waals surface area (Å²) >= 11 is 0. The molecule has 5 heteroatoms. The van der Waals surface area contributed by atoms with E-state index in [9.17, 15) is 9.59 Å². The van der Waals surface area contributed by atoms with Crippen LogP contribution < -0.4 is 5.32 Å². The van der Waals surface area contributed by atoms with E-state index in [1.165, 1.54) is 0 Å². The molecule has 20 heavy (non-hydrogen) atoms.